The van der Waals surface area contributed by atoms with Crippen LogP contribution in [0.3, 0.4) is 0 Å². The van der Waals surface area contributed by atoms with Gasteiger partial charge >= 0.3 is 0 Å². The first-order valence-electron chi connectivity index (χ1n) is 9.43. The van der Waals surface area contributed by atoms with Crippen molar-refractivity contribution in [3.05, 3.63) is 47.2 Å². The Balaban J connectivity index is 1.40. The Morgan fingerprint density at radius 3 is 2.78 bits per heavy atom. The Bertz CT molecular complexity index is 800. The van der Waals surface area contributed by atoms with Gasteiger partial charge in [-0.2, -0.15) is 0 Å². The first-order valence-corrected chi connectivity index (χ1v) is 9.43. The molecule has 7 heteroatoms. The SMILES string of the molecule is CN(CC1Cc2ccccc2CN1C)C(=O)c1cc(N2CCOCC2)no1. The summed E-state index contributed by atoms with van der Waals surface area (Å²) in [7, 11) is 3.94. The van der Waals surface area contributed by atoms with Gasteiger partial charge in [-0.25, -0.2) is 0 Å². The minimum Gasteiger partial charge on any atom is -0.378 e. The van der Waals surface area contributed by atoms with Crippen LogP contribution in [-0.2, 0) is 17.7 Å². The van der Waals surface area contributed by atoms with Crippen LogP contribution in [0, 0.1) is 0 Å². The molecule has 7 nitrogen and oxygen atoms in total. The van der Waals surface area contributed by atoms with Gasteiger partial charge in [-0.05, 0) is 24.6 Å². The summed E-state index contributed by atoms with van der Waals surface area (Å²) in [5.74, 6) is 0.867. The minimum atomic E-state index is -0.130. The summed E-state index contributed by atoms with van der Waals surface area (Å²) in [4.78, 5) is 18.9. The number of hydrogen-bond donors (Lipinski definition) is 0. The Morgan fingerprint density at radius 2 is 2.00 bits per heavy atom. The molecule has 0 aliphatic carbocycles. The fourth-order valence-corrected chi connectivity index (χ4v) is 3.82. The van der Waals surface area contributed by atoms with E-state index in [0.29, 0.717) is 25.6 Å². The second-order valence-electron chi connectivity index (χ2n) is 7.38. The quantitative estimate of drug-likeness (QED) is 0.815. The number of nitrogens with zero attached hydrogens (tertiary/aromatic N) is 4. The van der Waals surface area contributed by atoms with Crippen LogP contribution in [0.1, 0.15) is 21.7 Å². The van der Waals surface area contributed by atoms with Gasteiger partial charge in [-0.3, -0.25) is 9.69 Å². The molecule has 144 valence electrons. The highest BCUT2D eigenvalue weighted by Crippen LogP contribution is 2.23. The van der Waals surface area contributed by atoms with E-state index in [2.05, 4.69) is 46.3 Å². The third-order valence-electron chi connectivity index (χ3n) is 5.49. The number of rotatable bonds is 4. The molecule has 1 saturated heterocycles. The molecule has 0 spiro atoms. The molecule has 1 aromatic heterocycles. The van der Waals surface area contributed by atoms with E-state index < -0.39 is 0 Å². The molecule has 0 radical (unpaired) electrons. The Labute approximate surface area is 159 Å². The fraction of sp³-hybridized carbons (Fsp3) is 0.500. The van der Waals surface area contributed by atoms with Gasteiger partial charge in [0, 0.05) is 45.3 Å². The van der Waals surface area contributed by atoms with Crippen molar-refractivity contribution in [2.75, 3.05) is 51.8 Å². The second-order valence-corrected chi connectivity index (χ2v) is 7.38. The van der Waals surface area contributed by atoms with E-state index in [0.717, 1.165) is 26.1 Å². The lowest BCUT2D eigenvalue weighted by molar-refractivity contribution is 0.0693. The van der Waals surface area contributed by atoms with Crippen molar-refractivity contribution in [3.63, 3.8) is 0 Å². The molecular weight excluding hydrogens is 344 g/mol. The summed E-state index contributed by atoms with van der Waals surface area (Å²) in [5, 5.41) is 4.07. The topological polar surface area (TPSA) is 62.0 Å². The van der Waals surface area contributed by atoms with E-state index in [4.69, 9.17) is 9.26 Å². The van der Waals surface area contributed by atoms with E-state index >= 15 is 0 Å². The molecular formula is C20H26N4O3. The van der Waals surface area contributed by atoms with Crippen LogP contribution in [-0.4, -0.2) is 73.8 Å². The van der Waals surface area contributed by atoms with Gasteiger partial charge in [-0.1, -0.05) is 29.4 Å². The van der Waals surface area contributed by atoms with Gasteiger partial charge in [0.25, 0.3) is 5.91 Å². The van der Waals surface area contributed by atoms with Crippen LogP contribution >= 0.6 is 0 Å². The van der Waals surface area contributed by atoms with E-state index in [1.54, 1.807) is 11.0 Å². The van der Waals surface area contributed by atoms with E-state index in [1.807, 2.05) is 7.05 Å². The zero-order valence-electron chi connectivity index (χ0n) is 15.9. The zero-order valence-corrected chi connectivity index (χ0v) is 15.9. The van der Waals surface area contributed by atoms with Gasteiger partial charge in [0.15, 0.2) is 5.82 Å². The first kappa shape index (κ1) is 18.0. The molecule has 2 aliphatic rings. The van der Waals surface area contributed by atoms with Crippen LogP contribution in [0.5, 0.6) is 0 Å². The van der Waals surface area contributed by atoms with Gasteiger partial charge in [0.05, 0.1) is 13.2 Å². The summed E-state index contributed by atoms with van der Waals surface area (Å²) < 4.78 is 10.7. The molecule has 3 heterocycles. The number of fused-ring (bicyclic) bond motifs is 1. The lowest BCUT2D eigenvalue weighted by Crippen LogP contribution is -2.46. The summed E-state index contributed by atoms with van der Waals surface area (Å²) in [6, 6.07) is 10.6. The molecule has 0 saturated carbocycles. The largest absolute Gasteiger partial charge is 0.378 e. The molecule has 1 unspecified atom stereocenters. The van der Waals surface area contributed by atoms with Crippen molar-refractivity contribution in [1.29, 1.82) is 0 Å². The molecule has 1 amide bonds. The molecule has 0 N–H and O–H groups in total. The molecule has 4 rings (SSSR count). The number of likely N-dealkylation sites (N-methyl/N-ethyl adjacent to an activating group) is 2. The van der Waals surface area contributed by atoms with Crippen molar-refractivity contribution in [2.24, 2.45) is 0 Å². The summed E-state index contributed by atoms with van der Waals surface area (Å²) in [5.41, 5.74) is 2.74. The fourth-order valence-electron chi connectivity index (χ4n) is 3.82. The van der Waals surface area contributed by atoms with Crippen molar-refractivity contribution in [2.45, 2.75) is 19.0 Å². The lowest BCUT2D eigenvalue weighted by Gasteiger charge is -2.36. The molecule has 1 fully saturated rings. The van der Waals surface area contributed by atoms with Crippen molar-refractivity contribution in [3.8, 4) is 0 Å². The van der Waals surface area contributed by atoms with Crippen LogP contribution in [0.4, 0.5) is 5.82 Å². The number of hydrogen-bond acceptors (Lipinski definition) is 6. The van der Waals surface area contributed by atoms with E-state index in [9.17, 15) is 4.79 Å². The first-order chi connectivity index (χ1) is 13.1. The number of carbonyl (C=O) groups excluding carboxylic acids is 1. The molecule has 2 aromatic rings. The smallest absolute Gasteiger partial charge is 0.292 e. The third-order valence-corrected chi connectivity index (χ3v) is 5.49. The van der Waals surface area contributed by atoms with Crippen molar-refractivity contribution < 1.29 is 14.1 Å². The maximum absolute atomic E-state index is 12.8. The van der Waals surface area contributed by atoms with Crippen LogP contribution < -0.4 is 4.90 Å². The highest BCUT2D eigenvalue weighted by Gasteiger charge is 2.27. The molecule has 1 atom stereocenters. The van der Waals surface area contributed by atoms with Gasteiger partial charge in [0.1, 0.15) is 0 Å². The Hall–Kier alpha value is -2.38. The number of amides is 1. The zero-order chi connectivity index (χ0) is 18.8. The monoisotopic (exact) mass is 370 g/mol. The summed E-state index contributed by atoms with van der Waals surface area (Å²) in [6.07, 6.45) is 0.944. The standard InChI is InChI=1S/C20H26N4O3/c1-22-13-16-6-4-3-5-15(16)11-17(22)14-23(2)20(25)18-12-19(21-27-18)24-7-9-26-10-8-24/h3-6,12,17H,7-11,13-14H2,1-2H3. The van der Waals surface area contributed by atoms with Crippen LogP contribution in [0.15, 0.2) is 34.9 Å². The number of anilines is 1. The predicted octanol–water partition coefficient (Wildman–Crippen LogP) is 1.64. The molecule has 0 bridgehead atoms. The number of morpholine rings is 1. The van der Waals surface area contributed by atoms with E-state index in [-0.39, 0.29) is 17.7 Å². The van der Waals surface area contributed by atoms with Gasteiger partial charge < -0.3 is 19.1 Å². The lowest BCUT2D eigenvalue weighted by atomic mass is 9.94. The number of aromatic nitrogens is 1. The molecule has 27 heavy (non-hydrogen) atoms. The number of benzene rings is 1. The highest BCUT2D eigenvalue weighted by atomic mass is 16.5. The summed E-state index contributed by atoms with van der Waals surface area (Å²) in [6.45, 7) is 4.44. The predicted molar refractivity (Wildman–Crippen MR) is 102 cm³/mol. The maximum Gasteiger partial charge on any atom is 0.292 e. The van der Waals surface area contributed by atoms with Crippen LogP contribution in [0.2, 0.25) is 0 Å². The second kappa shape index (κ2) is 7.70. The summed E-state index contributed by atoms with van der Waals surface area (Å²) >= 11 is 0. The van der Waals surface area contributed by atoms with E-state index in [1.165, 1.54) is 11.1 Å². The molecule has 1 aromatic carbocycles. The van der Waals surface area contributed by atoms with Crippen LogP contribution in [0.25, 0.3) is 0 Å². The normalized spacial score (nSPS) is 20.4. The highest BCUT2D eigenvalue weighted by molar-refractivity contribution is 5.92. The third kappa shape index (κ3) is 3.84. The van der Waals surface area contributed by atoms with Gasteiger partial charge in [-0.15, -0.1) is 0 Å². The maximum atomic E-state index is 12.8. The average Bonchev–Trinajstić information content (AvgIpc) is 3.19. The van der Waals surface area contributed by atoms with Crippen molar-refractivity contribution >= 4 is 11.7 Å². The van der Waals surface area contributed by atoms with Crippen molar-refractivity contribution in [1.82, 2.24) is 15.0 Å². The number of ether oxygens (including phenoxy) is 1. The average molecular weight is 370 g/mol. The number of carbonyl (C=O) groups is 1. The minimum absolute atomic E-state index is 0.130. The Kier molecular flexibility index (Phi) is 5.13. The Morgan fingerprint density at radius 1 is 1.26 bits per heavy atom. The molecule has 2 aliphatic heterocycles. The van der Waals surface area contributed by atoms with Gasteiger partial charge in [0.2, 0.25) is 5.76 Å².